The van der Waals surface area contributed by atoms with Gasteiger partial charge in [0.25, 0.3) is 0 Å². The molecule has 0 atom stereocenters. The monoisotopic (exact) mass is 422 g/mol. The van der Waals surface area contributed by atoms with Crippen molar-refractivity contribution in [3.8, 4) is 0 Å². The molecule has 0 saturated carbocycles. The lowest BCUT2D eigenvalue weighted by molar-refractivity contribution is -0.145. The molecule has 0 aliphatic carbocycles. The maximum atomic E-state index is 12.8. The van der Waals surface area contributed by atoms with E-state index < -0.39 is 5.41 Å². The molecule has 1 aromatic rings. The Hall–Kier alpha value is -0.520. The van der Waals surface area contributed by atoms with Crippen LogP contribution >= 0.6 is 35.6 Å². The van der Waals surface area contributed by atoms with E-state index in [0.29, 0.717) is 23.2 Å². The maximum absolute atomic E-state index is 12.8. The van der Waals surface area contributed by atoms with Gasteiger partial charge in [-0.25, -0.2) is 0 Å². The fourth-order valence-electron chi connectivity index (χ4n) is 3.33. The van der Waals surface area contributed by atoms with Gasteiger partial charge < -0.3 is 15.4 Å². The highest BCUT2D eigenvalue weighted by Gasteiger charge is 2.38. The Balaban J connectivity index is 0.00000338. The van der Waals surface area contributed by atoms with Crippen molar-refractivity contribution in [3.05, 3.63) is 33.8 Å². The molecular formula is C19H29Cl3N2O2. The van der Waals surface area contributed by atoms with Gasteiger partial charge in [0.1, 0.15) is 0 Å². The molecule has 4 nitrogen and oxygen atoms in total. The summed E-state index contributed by atoms with van der Waals surface area (Å²) in [7, 11) is 0. The zero-order valence-electron chi connectivity index (χ0n) is 15.5. The van der Waals surface area contributed by atoms with Crippen molar-refractivity contribution in [1.82, 2.24) is 4.90 Å². The van der Waals surface area contributed by atoms with Crippen LogP contribution in [0.3, 0.4) is 0 Å². The van der Waals surface area contributed by atoms with Crippen LogP contribution in [-0.4, -0.2) is 36.5 Å². The second-order valence-electron chi connectivity index (χ2n) is 6.74. The quantitative estimate of drug-likeness (QED) is 0.692. The van der Waals surface area contributed by atoms with Crippen LogP contribution in [0.4, 0.5) is 0 Å². The van der Waals surface area contributed by atoms with E-state index in [9.17, 15) is 4.79 Å². The minimum absolute atomic E-state index is 0. The minimum atomic E-state index is -0.409. The SMILES string of the molecule is CCC(CC)(CN)C(=O)N1CCC(OCc2ccc(Cl)c(Cl)c2)CC1.Cl. The van der Waals surface area contributed by atoms with Crippen LogP contribution < -0.4 is 5.73 Å². The van der Waals surface area contributed by atoms with Crippen molar-refractivity contribution in [2.45, 2.75) is 52.2 Å². The standard InChI is InChI=1S/C19H28Cl2N2O2.ClH/c1-3-19(4-2,13-22)18(24)23-9-7-15(8-10-23)25-12-14-5-6-16(20)17(21)11-14;/h5-6,11,15H,3-4,7-10,12-13,22H2,1-2H3;1H. The molecule has 1 aromatic carbocycles. The summed E-state index contributed by atoms with van der Waals surface area (Å²) < 4.78 is 5.99. The van der Waals surface area contributed by atoms with Crippen LogP contribution in [0.15, 0.2) is 18.2 Å². The third-order valence-electron chi connectivity index (χ3n) is 5.40. The van der Waals surface area contributed by atoms with Crippen molar-refractivity contribution in [2.75, 3.05) is 19.6 Å². The van der Waals surface area contributed by atoms with Crippen LogP contribution in [0.1, 0.15) is 45.1 Å². The largest absolute Gasteiger partial charge is 0.373 e. The van der Waals surface area contributed by atoms with Gasteiger partial charge in [-0.05, 0) is 43.4 Å². The fourth-order valence-corrected chi connectivity index (χ4v) is 3.65. The molecule has 1 aliphatic heterocycles. The van der Waals surface area contributed by atoms with Gasteiger partial charge in [0.05, 0.1) is 28.2 Å². The van der Waals surface area contributed by atoms with Gasteiger partial charge in [-0.2, -0.15) is 0 Å². The Labute approximate surface area is 172 Å². The summed E-state index contributed by atoms with van der Waals surface area (Å²) in [5.41, 5.74) is 6.50. The molecule has 2 rings (SSSR count). The Morgan fingerprint density at radius 1 is 1.23 bits per heavy atom. The van der Waals surface area contributed by atoms with E-state index in [1.807, 2.05) is 30.9 Å². The summed E-state index contributed by atoms with van der Waals surface area (Å²) >= 11 is 12.0. The molecule has 0 bridgehead atoms. The number of benzene rings is 1. The molecule has 1 aliphatic rings. The van der Waals surface area contributed by atoms with Crippen LogP contribution in [0, 0.1) is 5.41 Å². The normalized spacial score (nSPS) is 15.7. The van der Waals surface area contributed by atoms with Crippen molar-refractivity contribution < 1.29 is 9.53 Å². The average molecular weight is 424 g/mol. The molecular weight excluding hydrogens is 395 g/mol. The number of nitrogens with two attached hydrogens (primary N) is 1. The second kappa shape index (κ2) is 10.7. The van der Waals surface area contributed by atoms with E-state index in [4.69, 9.17) is 33.7 Å². The molecule has 148 valence electrons. The summed E-state index contributed by atoms with van der Waals surface area (Å²) in [6, 6.07) is 5.54. The highest BCUT2D eigenvalue weighted by atomic mass is 35.5. The summed E-state index contributed by atoms with van der Waals surface area (Å²) in [6.07, 6.45) is 3.43. The first-order valence-electron chi connectivity index (χ1n) is 9.00. The number of amides is 1. The van der Waals surface area contributed by atoms with Crippen LogP contribution in [0.5, 0.6) is 0 Å². The summed E-state index contributed by atoms with van der Waals surface area (Å²) in [5, 5.41) is 1.09. The molecule has 0 unspecified atom stereocenters. The van der Waals surface area contributed by atoms with Crippen LogP contribution in [-0.2, 0) is 16.1 Å². The molecule has 26 heavy (non-hydrogen) atoms. The number of ether oxygens (including phenoxy) is 1. The molecule has 1 saturated heterocycles. The molecule has 1 fully saturated rings. The Kier molecular flexibility index (Phi) is 9.70. The predicted octanol–water partition coefficient (Wildman–Crippen LogP) is 4.69. The van der Waals surface area contributed by atoms with E-state index in [-0.39, 0.29) is 24.4 Å². The first kappa shape index (κ1) is 23.5. The predicted molar refractivity (Wildman–Crippen MR) is 110 cm³/mol. The van der Waals surface area contributed by atoms with E-state index in [2.05, 4.69) is 0 Å². The highest BCUT2D eigenvalue weighted by Crippen LogP contribution is 2.30. The average Bonchev–Trinajstić information content (AvgIpc) is 2.65. The van der Waals surface area contributed by atoms with Crippen molar-refractivity contribution >= 4 is 41.5 Å². The van der Waals surface area contributed by atoms with Crippen molar-refractivity contribution in [2.24, 2.45) is 11.1 Å². The molecule has 7 heteroatoms. The van der Waals surface area contributed by atoms with Crippen molar-refractivity contribution in [1.29, 1.82) is 0 Å². The van der Waals surface area contributed by atoms with Crippen LogP contribution in [0.25, 0.3) is 0 Å². The zero-order chi connectivity index (χ0) is 18.4. The fraction of sp³-hybridized carbons (Fsp3) is 0.632. The smallest absolute Gasteiger partial charge is 0.230 e. The lowest BCUT2D eigenvalue weighted by Gasteiger charge is -2.39. The summed E-state index contributed by atoms with van der Waals surface area (Å²) in [6.45, 7) is 6.46. The number of carbonyl (C=O) groups is 1. The number of carbonyl (C=O) groups excluding carboxylic acids is 1. The Bertz CT molecular complexity index is 578. The summed E-state index contributed by atoms with van der Waals surface area (Å²) in [5.74, 6) is 0.197. The molecule has 0 radical (unpaired) electrons. The van der Waals surface area contributed by atoms with Gasteiger partial charge in [0.15, 0.2) is 0 Å². The number of nitrogens with zero attached hydrogens (tertiary/aromatic N) is 1. The number of hydrogen-bond acceptors (Lipinski definition) is 3. The Morgan fingerprint density at radius 2 is 1.85 bits per heavy atom. The number of piperidine rings is 1. The Morgan fingerprint density at radius 3 is 2.35 bits per heavy atom. The van der Waals surface area contributed by atoms with E-state index in [0.717, 1.165) is 44.3 Å². The maximum Gasteiger partial charge on any atom is 0.230 e. The van der Waals surface area contributed by atoms with E-state index in [1.54, 1.807) is 6.07 Å². The lowest BCUT2D eigenvalue weighted by Crippen LogP contribution is -2.50. The lowest BCUT2D eigenvalue weighted by atomic mass is 9.80. The van der Waals surface area contributed by atoms with Gasteiger partial charge in [-0.3, -0.25) is 4.79 Å². The van der Waals surface area contributed by atoms with Gasteiger partial charge >= 0.3 is 0 Å². The first-order chi connectivity index (χ1) is 12.0. The highest BCUT2D eigenvalue weighted by molar-refractivity contribution is 6.42. The number of rotatable bonds is 7. The minimum Gasteiger partial charge on any atom is -0.373 e. The third-order valence-corrected chi connectivity index (χ3v) is 6.14. The molecule has 1 amide bonds. The van der Waals surface area contributed by atoms with Crippen molar-refractivity contribution in [3.63, 3.8) is 0 Å². The van der Waals surface area contributed by atoms with Crippen LogP contribution in [0.2, 0.25) is 10.0 Å². The topological polar surface area (TPSA) is 55.6 Å². The molecule has 1 heterocycles. The van der Waals surface area contributed by atoms with Gasteiger partial charge in [-0.15, -0.1) is 12.4 Å². The number of halogens is 3. The van der Waals surface area contributed by atoms with Gasteiger partial charge in [0, 0.05) is 19.6 Å². The van der Waals surface area contributed by atoms with Gasteiger partial charge in [0.2, 0.25) is 5.91 Å². The number of likely N-dealkylation sites (tertiary alicyclic amines) is 1. The van der Waals surface area contributed by atoms with Gasteiger partial charge in [-0.1, -0.05) is 43.1 Å². The zero-order valence-corrected chi connectivity index (χ0v) is 17.8. The summed E-state index contributed by atoms with van der Waals surface area (Å²) in [4.78, 5) is 14.8. The molecule has 2 N–H and O–H groups in total. The molecule has 0 aromatic heterocycles. The first-order valence-corrected chi connectivity index (χ1v) is 9.76. The van der Waals surface area contributed by atoms with E-state index in [1.165, 1.54) is 0 Å². The molecule has 0 spiro atoms. The third kappa shape index (κ3) is 5.49. The second-order valence-corrected chi connectivity index (χ2v) is 7.56. The van der Waals surface area contributed by atoms with E-state index >= 15 is 0 Å². The number of hydrogen-bond donors (Lipinski definition) is 1.